The fraction of sp³-hybridized carbons (Fsp3) is 0.500. The van der Waals surface area contributed by atoms with Gasteiger partial charge < -0.3 is 14.6 Å². The van der Waals surface area contributed by atoms with Crippen LogP contribution in [0.15, 0.2) is 6.33 Å². The standard InChI is InChI=1S/C8H11I2N3O2/c1-11-5(8(14)15-2)3-13-4-12-6(9)7(13)10/h4-5,11H,3H2,1-2H3. The molecule has 1 N–H and O–H groups in total. The van der Waals surface area contributed by atoms with Crippen LogP contribution in [0.4, 0.5) is 0 Å². The van der Waals surface area contributed by atoms with Crippen LogP contribution in [-0.2, 0) is 16.1 Å². The van der Waals surface area contributed by atoms with E-state index in [2.05, 4.69) is 60.2 Å². The van der Waals surface area contributed by atoms with Crippen LogP contribution < -0.4 is 5.32 Å². The predicted octanol–water partition coefficient (Wildman–Crippen LogP) is 0.853. The molecule has 0 fully saturated rings. The third-order valence-electron chi connectivity index (χ3n) is 1.95. The number of carbonyl (C=O) groups excluding carboxylic acids is 1. The SMILES string of the molecule is CNC(Cn1cnc(I)c1I)C(=O)OC. The summed E-state index contributed by atoms with van der Waals surface area (Å²) in [5.74, 6) is -0.267. The van der Waals surface area contributed by atoms with Gasteiger partial charge >= 0.3 is 5.97 Å². The number of nitrogens with one attached hydrogen (secondary N) is 1. The number of hydrogen-bond donors (Lipinski definition) is 1. The lowest BCUT2D eigenvalue weighted by molar-refractivity contribution is -0.143. The number of hydrogen-bond acceptors (Lipinski definition) is 4. The fourth-order valence-corrected chi connectivity index (χ4v) is 1.99. The Labute approximate surface area is 115 Å². The molecule has 1 rings (SSSR count). The van der Waals surface area contributed by atoms with Gasteiger partial charge in [-0.25, -0.2) is 4.98 Å². The van der Waals surface area contributed by atoms with E-state index in [0.717, 1.165) is 7.40 Å². The summed E-state index contributed by atoms with van der Waals surface area (Å²) in [5.41, 5.74) is 0. The van der Waals surface area contributed by atoms with Crippen molar-refractivity contribution in [2.24, 2.45) is 0 Å². The Kier molecular flexibility index (Phi) is 5.26. The molecular formula is C8H11I2N3O2. The highest BCUT2D eigenvalue weighted by molar-refractivity contribution is 14.1. The van der Waals surface area contributed by atoms with Gasteiger partial charge in [-0.05, 0) is 52.2 Å². The number of likely N-dealkylation sites (N-methyl/N-ethyl adjacent to an activating group) is 1. The van der Waals surface area contributed by atoms with Crippen molar-refractivity contribution in [3.05, 3.63) is 13.7 Å². The van der Waals surface area contributed by atoms with E-state index in [0.29, 0.717) is 6.54 Å². The fourth-order valence-electron chi connectivity index (χ4n) is 1.09. The summed E-state index contributed by atoms with van der Waals surface area (Å²) in [6.07, 6.45) is 1.72. The first-order valence-corrected chi connectivity index (χ1v) is 6.37. The van der Waals surface area contributed by atoms with Crippen LogP contribution in [0, 0.1) is 7.40 Å². The van der Waals surface area contributed by atoms with Gasteiger partial charge in [0.2, 0.25) is 0 Å². The van der Waals surface area contributed by atoms with Crippen LogP contribution in [-0.4, -0.2) is 35.7 Å². The molecule has 0 aromatic carbocycles. The summed E-state index contributed by atoms with van der Waals surface area (Å²) in [5, 5.41) is 2.91. The zero-order chi connectivity index (χ0) is 11.4. The molecule has 0 saturated carbocycles. The Balaban J connectivity index is 2.75. The third-order valence-corrected chi connectivity index (χ3v) is 4.90. The number of rotatable bonds is 4. The Morgan fingerprint density at radius 3 is 2.80 bits per heavy atom. The van der Waals surface area contributed by atoms with Crippen LogP contribution in [0.3, 0.4) is 0 Å². The van der Waals surface area contributed by atoms with Gasteiger partial charge in [-0.3, -0.25) is 4.79 Å². The van der Waals surface area contributed by atoms with Gasteiger partial charge in [-0.15, -0.1) is 0 Å². The molecule has 1 heterocycles. The van der Waals surface area contributed by atoms with Crippen molar-refractivity contribution in [3.63, 3.8) is 0 Å². The van der Waals surface area contributed by atoms with Gasteiger partial charge in [0.25, 0.3) is 0 Å². The summed E-state index contributed by atoms with van der Waals surface area (Å²) in [6.45, 7) is 0.525. The molecule has 1 aromatic heterocycles. The van der Waals surface area contributed by atoms with Crippen molar-refractivity contribution in [1.82, 2.24) is 14.9 Å². The minimum atomic E-state index is -0.339. The zero-order valence-corrected chi connectivity index (χ0v) is 12.6. The molecule has 0 aliphatic carbocycles. The highest BCUT2D eigenvalue weighted by Crippen LogP contribution is 2.13. The maximum Gasteiger partial charge on any atom is 0.324 e. The summed E-state index contributed by atoms with van der Waals surface area (Å²) < 4.78 is 8.56. The maximum atomic E-state index is 11.3. The van der Waals surface area contributed by atoms with Gasteiger partial charge in [0.05, 0.1) is 20.0 Å². The summed E-state index contributed by atoms with van der Waals surface area (Å²) >= 11 is 4.35. The molecule has 0 spiro atoms. The molecule has 0 aliphatic heterocycles. The molecule has 0 radical (unpaired) electrons. The van der Waals surface area contributed by atoms with Gasteiger partial charge in [0.15, 0.2) is 0 Å². The van der Waals surface area contributed by atoms with Crippen molar-refractivity contribution >= 4 is 51.2 Å². The number of methoxy groups -OCH3 is 1. The van der Waals surface area contributed by atoms with Crippen LogP contribution in [0.5, 0.6) is 0 Å². The van der Waals surface area contributed by atoms with Gasteiger partial charge in [-0.2, -0.15) is 0 Å². The molecule has 0 saturated heterocycles. The van der Waals surface area contributed by atoms with Crippen molar-refractivity contribution in [2.75, 3.05) is 14.2 Å². The predicted molar refractivity (Wildman–Crippen MR) is 72.5 cm³/mol. The summed E-state index contributed by atoms with van der Waals surface area (Å²) in [4.78, 5) is 15.5. The van der Waals surface area contributed by atoms with E-state index in [4.69, 9.17) is 0 Å². The zero-order valence-electron chi connectivity index (χ0n) is 8.33. The average molecular weight is 435 g/mol. The molecule has 84 valence electrons. The Bertz CT molecular complexity index is 354. The first-order valence-electron chi connectivity index (χ1n) is 4.21. The third kappa shape index (κ3) is 3.28. The molecule has 7 heteroatoms. The molecule has 0 amide bonds. The minimum Gasteiger partial charge on any atom is -0.468 e. The van der Waals surface area contributed by atoms with E-state index < -0.39 is 0 Å². The topological polar surface area (TPSA) is 56.2 Å². The minimum absolute atomic E-state index is 0.267. The van der Waals surface area contributed by atoms with E-state index >= 15 is 0 Å². The van der Waals surface area contributed by atoms with Crippen LogP contribution in [0.1, 0.15) is 0 Å². The van der Waals surface area contributed by atoms with Crippen molar-refractivity contribution < 1.29 is 9.53 Å². The number of halogens is 2. The second kappa shape index (κ2) is 5.99. The van der Waals surface area contributed by atoms with E-state index in [-0.39, 0.29) is 12.0 Å². The smallest absolute Gasteiger partial charge is 0.324 e. The normalized spacial score (nSPS) is 12.5. The van der Waals surface area contributed by atoms with Gasteiger partial charge in [0.1, 0.15) is 13.4 Å². The number of ether oxygens (including phenoxy) is 1. The molecule has 1 aromatic rings. The van der Waals surface area contributed by atoms with Gasteiger partial charge in [0, 0.05) is 0 Å². The highest BCUT2D eigenvalue weighted by Gasteiger charge is 2.18. The summed E-state index contributed by atoms with van der Waals surface area (Å²) in [7, 11) is 3.12. The lowest BCUT2D eigenvalue weighted by atomic mass is 10.3. The largest absolute Gasteiger partial charge is 0.468 e. The van der Waals surface area contributed by atoms with E-state index in [1.54, 1.807) is 13.4 Å². The van der Waals surface area contributed by atoms with Gasteiger partial charge in [-0.1, -0.05) is 0 Å². The highest BCUT2D eigenvalue weighted by atomic mass is 127. The molecule has 1 unspecified atom stereocenters. The number of carbonyl (C=O) groups is 1. The van der Waals surface area contributed by atoms with E-state index in [1.807, 2.05) is 4.57 Å². The summed E-state index contributed by atoms with van der Waals surface area (Å²) in [6, 6.07) is -0.339. The molecule has 1 atom stereocenters. The first kappa shape index (κ1) is 13.2. The Hall–Kier alpha value is 0.1000. The monoisotopic (exact) mass is 435 g/mol. The molecule has 0 bridgehead atoms. The Morgan fingerprint density at radius 2 is 2.40 bits per heavy atom. The Morgan fingerprint density at radius 1 is 1.73 bits per heavy atom. The van der Waals surface area contributed by atoms with E-state index in [9.17, 15) is 4.79 Å². The quantitative estimate of drug-likeness (QED) is 0.564. The number of nitrogens with zero attached hydrogens (tertiary/aromatic N) is 2. The van der Waals surface area contributed by atoms with Crippen LogP contribution in [0.25, 0.3) is 0 Å². The number of aromatic nitrogens is 2. The van der Waals surface area contributed by atoms with Crippen molar-refractivity contribution in [3.8, 4) is 0 Å². The van der Waals surface area contributed by atoms with Crippen molar-refractivity contribution in [1.29, 1.82) is 0 Å². The lowest BCUT2D eigenvalue weighted by Crippen LogP contribution is -2.38. The van der Waals surface area contributed by atoms with Crippen LogP contribution in [0.2, 0.25) is 0 Å². The van der Waals surface area contributed by atoms with Crippen LogP contribution >= 0.6 is 45.2 Å². The number of imidazole rings is 1. The second-order valence-corrected chi connectivity index (χ2v) is 4.89. The second-order valence-electron chi connectivity index (χ2n) is 2.84. The maximum absolute atomic E-state index is 11.3. The first-order chi connectivity index (χ1) is 7.10. The average Bonchev–Trinajstić information content (AvgIpc) is 2.56. The number of esters is 1. The van der Waals surface area contributed by atoms with E-state index in [1.165, 1.54) is 7.11 Å². The molecular weight excluding hydrogens is 424 g/mol. The molecule has 0 aliphatic rings. The molecule has 15 heavy (non-hydrogen) atoms. The molecule has 5 nitrogen and oxygen atoms in total. The van der Waals surface area contributed by atoms with Crippen molar-refractivity contribution in [2.45, 2.75) is 12.6 Å². The lowest BCUT2D eigenvalue weighted by Gasteiger charge is -2.14.